The number of halogens is 1. The highest BCUT2D eigenvalue weighted by atomic mass is 19.1. The Morgan fingerprint density at radius 1 is 1.35 bits per heavy atom. The van der Waals surface area contributed by atoms with Crippen molar-refractivity contribution in [1.29, 1.82) is 5.26 Å². The molecule has 0 aromatic heterocycles. The molecule has 1 aromatic carbocycles. The third-order valence-corrected chi connectivity index (χ3v) is 5.12. The molecule has 1 aromatic rings. The molecule has 2 N–H and O–H groups in total. The van der Waals surface area contributed by atoms with Gasteiger partial charge in [-0.2, -0.15) is 5.26 Å². The molecule has 2 rings (SSSR count). The van der Waals surface area contributed by atoms with Crippen LogP contribution < -0.4 is 10.6 Å². The van der Waals surface area contributed by atoms with Gasteiger partial charge in [0.05, 0.1) is 11.6 Å². The Balaban J connectivity index is 1.90. The maximum Gasteiger partial charge on any atom is 0.191 e. The molecule has 1 fully saturated rings. The fourth-order valence-electron chi connectivity index (χ4n) is 3.52. The second-order valence-corrected chi connectivity index (χ2v) is 6.85. The summed E-state index contributed by atoms with van der Waals surface area (Å²) in [6.45, 7) is 4.68. The summed E-state index contributed by atoms with van der Waals surface area (Å²) in [4.78, 5) is 4.24. The molecule has 142 valence electrons. The quantitative estimate of drug-likeness (QED) is 0.424. The number of benzene rings is 1. The SMILES string of the molecule is CCOCCC1(CNC(=NC)NCc2cc(C#N)ccc2F)CCCC1. The maximum atomic E-state index is 13.9. The molecule has 0 radical (unpaired) electrons. The fourth-order valence-corrected chi connectivity index (χ4v) is 3.52. The lowest BCUT2D eigenvalue weighted by atomic mass is 9.83. The Morgan fingerprint density at radius 3 is 2.77 bits per heavy atom. The van der Waals surface area contributed by atoms with Crippen molar-refractivity contribution in [2.45, 2.75) is 45.6 Å². The summed E-state index contributed by atoms with van der Waals surface area (Å²) in [7, 11) is 1.71. The highest BCUT2D eigenvalue weighted by molar-refractivity contribution is 5.79. The summed E-state index contributed by atoms with van der Waals surface area (Å²) in [6.07, 6.45) is 5.95. The largest absolute Gasteiger partial charge is 0.382 e. The van der Waals surface area contributed by atoms with E-state index in [1.54, 1.807) is 13.1 Å². The molecule has 0 spiro atoms. The lowest BCUT2D eigenvalue weighted by Crippen LogP contribution is -2.43. The summed E-state index contributed by atoms with van der Waals surface area (Å²) in [5, 5.41) is 15.5. The lowest BCUT2D eigenvalue weighted by Gasteiger charge is -2.30. The summed E-state index contributed by atoms with van der Waals surface area (Å²) >= 11 is 0. The number of guanidine groups is 1. The van der Waals surface area contributed by atoms with Crippen molar-refractivity contribution in [2.24, 2.45) is 10.4 Å². The molecular formula is C20H29FN4O. The monoisotopic (exact) mass is 360 g/mol. The number of nitriles is 1. The van der Waals surface area contributed by atoms with Gasteiger partial charge in [-0.25, -0.2) is 4.39 Å². The molecule has 26 heavy (non-hydrogen) atoms. The molecule has 0 aliphatic heterocycles. The number of hydrogen-bond acceptors (Lipinski definition) is 3. The highest BCUT2D eigenvalue weighted by Crippen LogP contribution is 2.40. The minimum atomic E-state index is -0.323. The van der Waals surface area contributed by atoms with E-state index in [0.29, 0.717) is 17.1 Å². The van der Waals surface area contributed by atoms with Crippen LogP contribution in [0.25, 0.3) is 0 Å². The van der Waals surface area contributed by atoms with Gasteiger partial charge in [0.2, 0.25) is 0 Å². The van der Waals surface area contributed by atoms with E-state index >= 15 is 0 Å². The summed E-state index contributed by atoms with van der Waals surface area (Å²) in [5.41, 5.74) is 1.16. The zero-order chi connectivity index (χ0) is 18.8. The van der Waals surface area contributed by atoms with Crippen LogP contribution in [-0.2, 0) is 11.3 Å². The minimum Gasteiger partial charge on any atom is -0.382 e. The zero-order valence-corrected chi connectivity index (χ0v) is 15.8. The van der Waals surface area contributed by atoms with Crippen molar-refractivity contribution >= 4 is 5.96 Å². The van der Waals surface area contributed by atoms with E-state index < -0.39 is 0 Å². The van der Waals surface area contributed by atoms with Crippen LogP contribution >= 0.6 is 0 Å². The molecule has 0 heterocycles. The van der Waals surface area contributed by atoms with Crippen molar-refractivity contribution in [2.75, 3.05) is 26.8 Å². The van der Waals surface area contributed by atoms with Crippen molar-refractivity contribution in [3.8, 4) is 6.07 Å². The normalized spacial score (nSPS) is 16.3. The Hall–Kier alpha value is -2.13. The van der Waals surface area contributed by atoms with Gasteiger partial charge in [-0.05, 0) is 49.8 Å². The topological polar surface area (TPSA) is 69.4 Å². The van der Waals surface area contributed by atoms with Crippen LogP contribution in [0.4, 0.5) is 4.39 Å². The van der Waals surface area contributed by atoms with E-state index in [1.165, 1.54) is 37.8 Å². The zero-order valence-electron chi connectivity index (χ0n) is 15.8. The van der Waals surface area contributed by atoms with Crippen LogP contribution in [0.5, 0.6) is 0 Å². The third kappa shape index (κ3) is 5.70. The molecule has 1 aliphatic rings. The van der Waals surface area contributed by atoms with Gasteiger partial charge in [0, 0.05) is 38.9 Å². The number of rotatable bonds is 8. The Kier molecular flexibility index (Phi) is 7.86. The molecule has 1 aliphatic carbocycles. The van der Waals surface area contributed by atoms with Crippen LogP contribution in [0.3, 0.4) is 0 Å². The van der Waals surface area contributed by atoms with E-state index in [4.69, 9.17) is 10.00 Å². The van der Waals surface area contributed by atoms with Gasteiger partial charge in [-0.15, -0.1) is 0 Å². The standard InChI is InChI=1S/C20H29FN4O/c1-3-26-11-10-20(8-4-5-9-20)15-25-19(23-2)24-14-17-12-16(13-22)6-7-18(17)21/h6-7,12H,3-5,8-11,14-15H2,1-2H3,(H2,23,24,25). The minimum absolute atomic E-state index is 0.249. The van der Waals surface area contributed by atoms with E-state index in [9.17, 15) is 4.39 Å². The molecule has 0 atom stereocenters. The first-order chi connectivity index (χ1) is 12.6. The number of nitrogens with zero attached hydrogens (tertiary/aromatic N) is 2. The van der Waals surface area contributed by atoms with Gasteiger partial charge in [-0.1, -0.05) is 12.8 Å². The van der Waals surface area contributed by atoms with Gasteiger partial charge in [0.15, 0.2) is 5.96 Å². The van der Waals surface area contributed by atoms with Gasteiger partial charge >= 0.3 is 0 Å². The smallest absolute Gasteiger partial charge is 0.191 e. The van der Waals surface area contributed by atoms with Crippen molar-refractivity contribution in [1.82, 2.24) is 10.6 Å². The number of aliphatic imine (C=N–C) groups is 1. The van der Waals surface area contributed by atoms with Crippen LogP contribution in [0.15, 0.2) is 23.2 Å². The van der Waals surface area contributed by atoms with E-state index in [1.807, 2.05) is 13.0 Å². The van der Waals surface area contributed by atoms with E-state index in [0.717, 1.165) is 26.2 Å². The molecular weight excluding hydrogens is 331 g/mol. The average Bonchev–Trinajstić information content (AvgIpc) is 3.12. The van der Waals surface area contributed by atoms with Crippen molar-refractivity contribution < 1.29 is 9.13 Å². The average molecular weight is 360 g/mol. The first kappa shape index (κ1) is 20.2. The maximum absolute atomic E-state index is 13.9. The van der Waals surface area contributed by atoms with Crippen molar-refractivity contribution in [3.63, 3.8) is 0 Å². The molecule has 0 saturated heterocycles. The number of nitrogens with one attached hydrogen (secondary N) is 2. The Labute approximate surface area is 155 Å². The molecule has 0 amide bonds. The van der Waals surface area contributed by atoms with Gasteiger partial charge < -0.3 is 15.4 Å². The molecule has 0 bridgehead atoms. The number of hydrogen-bond donors (Lipinski definition) is 2. The van der Waals surface area contributed by atoms with Gasteiger partial charge in [0.1, 0.15) is 5.82 Å². The second-order valence-electron chi connectivity index (χ2n) is 6.85. The van der Waals surface area contributed by atoms with Crippen molar-refractivity contribution in [3.05, 3.63) is 35.1 Å². The molecule has 1 saturated carbocycles. The van der Waals surface area contributed by atoms with E-state index in [2.05, 4.69) is 15.6 Å². The predicted molar refractivity (Wildman–Crippen MR) is 101 cm³/mol. The van der Waals surface area contributed by atoms with Gasteiger partial charge in [-0.3, -0.25) is 4.99 Å². The summed E-state index contributed by atoms with van der Waals surface area (Å²) in [5.74, 6) is 0.324. The highest BCUT2D eigenvalue weighted by Gasteiger charge is 2.33. The lowest BCUT2D eigenvalue weighted by molar-refractivity contribution is 0.105. The number of ether oxygens (including phenoxy) is 1. The molecule has 0 unspecified atom stereocenters. The summed E-state index contributed by atoms with van der Waals surface area (Å²) in [6, 6.07) is 6.41. The fraction of sp³-hybridized carbons (Fsp3) is 0.600. The van der Waals surface area contributed by atoms with Gasteiger partial charge in [0.25, 0.3) is 0 Å². The third-order valence-electron chi connectivity index (χ3n) is 5.12. The Morgan fingerprint density at radius 2 is 2.12 bits per heavy atom. The van der Waals surface area contributed by atoms with Crippen LogP contribution in [0, 0.1) is 22.6 Å². The molecule has 5 nitrogen and oxygen atoms in total. The van der Waals surface area contributed by atoms with Crippen LogP contribution in [0.1, 0.15) is 50.2 Å². The van der Waals surface area contributed by atoms with Crippen LogP contribution in [-0.4, -0.2) is 32.8 Å². The Bertz CT molecular complexity index is 648. The molecule has 6 heteroatoms. The van der Waals surface area contributed by atoms with E-state index in [-0.39, 0.29) is 17.8 Å². The summed E-state index contributed by atoms with van der Waals surface area (Å²) < 4.78 is 19.5. The predicted octanol–water partition coefficient (Wildman–Crippen LogP) is 3.35. The first-order valence-corrected chi connectivity index (χ1v) is 9.33. The first-order valence-electron chi connectivity index (χ1n) is 9.33. The van der Waals surface area contributed by atoms with Crippen LogP contribution in [0.2, 0.25) is 0 Å². The second kappa shape index (κ2) is 10.1.